The van der Waals surface area contributed by atoms with Crippen LogP contribution in [-0.4, -0.2) is 24.0 Å². The van der Waals surface area contributed by atoms with Crippen molar-refractivity contribution in [3.8, 4) is 5.75 Å². The van der Waals surface area contributed by atoms with E-state index in [1.54, 1.807) is 30.3 Å². The average molecular weight is 304 g/mol. The van der Waals surface area contributed by atoms with Gasteiger partial charge in [-0.1, -0.05) is 24.3 Å². The van der Waals surface area contributed by atoms with E-state index in [4.69, 9.17) is 10.5 Å². The van der Waals surface area contributed by atoms with Gasteiger partial charge in [-0.05, 0) is 24.4 Å². The van der Waals surface area contributed by atoms with Gasteiger partial charge in [0.1, 0.15) is 5.75 Å². The highest BCUT2D eigenvalue weighted by molar-refractivity contribution is 7.09. The summed E-state index contributed by atoms with van der Waals surface area (Å²) in [5.74, 6) is 0.723. The zero-order valence-electron chi connectivity index (χ0n) is 12.3. The Bertz CT molecular complexity index is 582. The van der Waals surface area contributed by atoms with Gasteiger partial charge < -0.3 is 15.4 Å². The molecule has 2 N–H and O–H groups in total. The minimum absolute atomic E-state index is 0.0608. The van der Waals surface area contributed by atoms with Crippen LogP contribution in [0.25, 0.3) is 0 Å². The van der Waals surface area contributed by atoms with E-state index in [9.17, 15) is 4.79 Å². The van der Waals surface area contributed by atoms with Crippen LogP contribution in [0.1, 0.15) is 17.4 Å². The molecule has 5 heteroatoms. The van der Waals surface area contributed by atoms with Crippen molar-refractivity contribution in [3.05, 3.63) is 52.2 Å². The van der Waals surface area contributed by atoms with Crippen molar-refractivity contribution < 1.29 is 9.53 Å². The maximum Gasteiger partial charge on any atom is 0.239 e. The van der Waals surface area contributed by atoms with Gasteiger partial charge in [-0.3, -0.25) is 4.79 Å². The number of carbonyl (C=O) groups is 1. The molecule has 0 spiro atoms. The van der Waals surface area contributed by atoms with Crippen LogP contribution in [0.4, 0.5) is 0 Å². The molecule has 112 valence electrons. The molecule has 0 aliphatic rings. The quantitative estimate of drug-likeness (QED) is 0.892. The molecular weight excluding hydrogens is 284 g/mol. The number of amides is 1. The fourth-order valence-corrected chi connectivity index (χ4v) is 2.85. The molecular formula is C16H20N2O2S. The van der Waals surface area contributed by atoms with E-state index in [0.29, 0.717) is 13.1 Å². The predicted octanol–water partition coefficient (Wildman–Crippen LogP) is 2.63. The SMILES string of the molecule is COc1ccccc1CN(Cc1cccs1)C(=O)[C@H](C)N. The fraction of sp³-hybridized carbons (Fsp3) is 0.312. The van der Waals surface area contributed by atoms with Crippen LogP contribution in [-0.2, 0) is 17.9 Å². The van der Waals surface area contributed by atoms with Gasteiger partial charge in [0.05, 0.1) is 19.7 Å². The van der Waals surface area contributed by atoms with Crippen LogP contribution in [0, 0.1) is 0 Å². The molecule has 2 rings (SSSR count). The lowest BCUT2D eigenvalue weighted by molar-refractivity contribution is -0.133. The Labute approximate surface area is 129 Å². The molecule has 0 saturated heterocycles. The number of thiophene rings is 1. The summed E-state index contributed by atoms with van der Waals surface area (Å²) in [5.41, 5.74) is 6.75. The largest absolute Gasteiger partial charge is 0.496 e. The van der Waals surface area contributed by atoms with E-state index in [2.05, 4.69) is 0 Å². The van der Waals surface area contributed by atoms with Gasteiger partial charge >= 0.3 is 0 Å². The van der Waals surface area contributed by atoms with Crippen molar-refractivity contribution >= 4 is 17.2 Å². The normalized spacial score (nSPS) is 12.0. The van der Waals surface area contributed by atoms with Crippen LogP contribution in [0.5, 0.6) is 5.75 Å². The van der Waals surface area contributed by atoms with E-state index >= 15 is 0 Å². The number of hydrogen-bond acceptors (Lipinski definition) is 4. The molecule has 0 aliphatic heterocycles. The first kappa shape index (κ1) is 15.5. The first-order valence-corrected chi connectivity index (χ1v) is 7.68. The molecule has 1 aromatic carbocycles. The van der Waals surface area contributed by atoms with Gasteiger partial charge in [-0.15, -0.1) is 11.3 Å². The third-order valence-corrected chi connectivity index (χ3v) is 4.04. The predicted molar refractivity (Wildman–Crippen MR) is 85.2 cm³/mol. The molecule has 0 bridgehead atoms. The standard InChI is InChI=1S/C16H20N2O2S/c1-12(17)16(19)18(11-14-7-5-9-21-14)10-13-6-3-4-8-15(13)20-2/h3-9,12H,10-11,17H2,1-2H3/t12-/m0/s1. The number of para-hydroxylation sites is 1. The Kier molecular flexibility index (Phi) is 5.36. The molecule has 0 saturated carbocycles. The third-order valence-electron chi connectivity index (χ3n) is 3.18. The Balaban J connectivity index is 2.21. The van der Waals surface area contributed by atoms with Crippen LogP contribution in [0.3, 0.4) is 0 Å². The summed E-state index contributed by atoms with van der Waals surface area (Å²) < 4.78 is 5.36. The third kappa shape index (κ3) is 4.06. The highest BCUT2D eigenvalue weighted by Gasteiger charge is 2.19. The van der Waals surface area contributed by atoms with Gasteiger partial charge in [0.2, 0.25) is 5.91 Å². The lowest BCUT2D eigenvalue weighted by Crippen LogP contribution is -2.41. The van der Waals surface area contributed by atoms with Crippen LogP contribution < -0.4 is 10.5 Å². The van der Waals surface area contributed by atoms with Gasteiger partial charge in [-0.2, -0.15) is 0 Å². The second kappa shape index (κ2) is 7.24. The molecule has 1 heterocycles. The number of ether oxygens (including phenoxy) is 1. The molecule has 4 nitrogen and oxygen atoms in total. The van der Waals surface area contributed by atoms with Crippen molar-refractivity contribution in [2.24, 2.45) is 5.73 Å². The Hall–Kier alpha value is -1.85. The first-order valence-electron chi connectivity index (χ1n) is 6.80. The van der Waals surface area contributed by atoms with E-state index in [-0.39, 0.29) is 5.91 Å². The van der Waals surface area contributed by atoms with E-state index in [0.717, 1.165) is 16.2 Å². The summed E-state index contributed by atoms with van der Waals surface area (Å²) in [6.45, 7) is 2.77. The smallest absolute Gasteiger partial charge is 0.239 e. The number of carbonyl (C=O) groups excluding carboxylic acids is 1. The number of methoxy groups -OCH3 is 1. The summed E-state index contributed by atoms with van der Waals surface area (Å²) in [5, 5.41) is 2.01. The minimum atomic E-state index is -0.514. The number of nitrogens with zero attached hydrogens (tertiary/aromatic N) is 1. The topological polar surface area (TPSA) is 55.6 Å². The molecule has 0 fully saturated rings. The minimum Gasteiger partial charge on any atom is -0.496 e. The highest BCUT2D eigenvalue weighted by atomic mass is 32.1. The summed E-state index contributed by atoms with van der Waals surface area (Å²) in [4.78, 5) is 15.2. The summed E-state index contributed by atoms with van der Waals surface area (Å²) in [7, 11) is 1.63. The van der Waals surface area contributed by atoms with Gasteiger partial charge in [0.25, 0.3) is 0 Å². The summed E-state index contributed by atoms with van der Waals surface area (Å²) in [6, 6.07) is 11.2. The van der Waals surface area contributed by atoms with Crippen molar-refractivity contribution in [1.29, 1.82) is 0 Å². The lowest BCUT2D eigenvalue weighted by atomic mass is 10.1. The van der Waals surface area contributed by atoms with Crippen LogP contribution in [0.2, 0.25) is 0 Å². The lowest BCUT2D eigenvalue weighted by Gasteiger charge is -2.25. The zero-order valence-corrected chi connectivity index (χ0v) is 13.1. The number of rotatable bonds is 6. The van der Waals surface area contributed by atoms with Crippen molar-refractivity contribution in [2.75, 3.05) is 7.11 Å². The fourth-order valence-electron chi connectivity index (χ4n) is 2.13. The Morgan fingerprint density at radius 3 is 2.67 bits per heavy atom. The summed E-state index contributed by atoms with van der Waals surface area (Å²) >= 11 is 1.63. The van der Waals surface area contributed by atoms with Crippen molar-refractivity contribution in [1.82, 2.24) is 4.90 Å². The van der Waals surface area contributed by atoms with Gasteiger partial charge in [0.15, 0.2) is 0 Å². The van der Waals surface area contributed by atoms with E-state index in [1.165, 1.54) is 0 Å². The highest BCUT2D eigenvalue weighted by Crippen LogP contribution is 2.21. The molecule has 2 aromatic rings. The molecule has 0 radical (unpaired) electrons. The van der Waals surface area contributed by atoms with Crippen molar-refractivity contribution in [3.63, 3.8) is 0 Å². The number of hydrogen-bond donors (Lipinski definition) is 1. The van der Waals surface area contributed by atoms with Crippen molar-refractivity contribution in [2.45, 2.75) is 26.1 Å². The number of benzene rings is 1. The Morgan fingerprint density at radius 1 is 1.29 bits per heavy atom. The monoisotopic (exact) mass is 304 g/mol. The second-order valence-corrected chi connectivity index (χ2v) is 5.91. The summed E-state index contributed by atoms with van der Waals surface area (Å²) in [6.07, 6.45) is 0. The number of nitrogens with two attached hydrogens (primary N) is 1. The second-order valence-electron chi connectivity index (χ2n) is 4.87. The molecule has 1 amide bonds. The average Bonchev–Trinajstić information content (AvgIpc) is 2.99. The zero-order chi connectivity index (χ0) is 15.2. The van der Waals surface area contributed by atoms with E-state index in [1.807, 2.05) is 41.8 Å². The molecule has 0 aliphatic carbocycles. The maximum absolute atomic E-state index is 12.3. The molecule has 1 atom stereocenters. The molecule has 0 unspecified atom stereocenters. The van der Waals surface area contributed by atoms with Gasteiger partial charge in [0, 0.05) is 17.0 Å². The van der Waals surface area contributed by atoms with Crippen LogP contribution >= 0.6 is 11.3 Å². The van der Waals surface area contributed by atoms with Gasteiger partial charge in [-0.25, -0.2) is 0 Å². The molecule has 21 heavy (non-hydrogen) atoms. The first-order chi connectivity index (χ1) is 10.1. The van der Waals surface area contributed by atoms with Crippen LogP contribution in [0.15, 0.2) is 41.8 Å². The molecule has 1 aromatic heterocycles. The van der Waals surface area contributed by atoms with E-state index < -0.39 is 6.04 Å². The Morgan fingerprint density at radius 2 is 2.05 bits per heavy atom. The maximum atomic E-state index is 12.3.